The van der Waals surface area contributed by atoms with Gasteiger partial charge in [-0.05, 0) is 32.4 Å². The molecule has 0 spiro atoms. The molecule has 1 heterocycles. The van der Waals surface area contributed by atoms with Gasteiger partial charge >= 0.3 is 0 Å². The molecule has 1 unspecified atom stereocenters. The third kappa shape index (κ3) is 4.90. The summed E-state index contributed by atoms with van der Waals surface area (Å²) in [6.45, 7) is 8.88. The van der Waals surface area contributed by atoms with Gasteiger partial charge in [0.15, 0.2) is 0 Å². The number of ether oxygens (including phenoxy) is 1. The van der Waals surface area contributed by atoms with Crippen molar-refractivity contribution in [1.82, 2.24) is 14.9 Å². The number of benzene rings is 1. The standard InChI is InChI=1S/C17H25N3O/c1-4-9-20-13-18-10-16(20)11-19-15(3)12-21-17-7-5-14(2)6-8-17/h5-8,10,13,15,19H,4,9,11-12H2,1-3H3. The lowest BCUT2D eigenvalue weighted by molar-refractivity contribution is 0.271. The van der Waals surface area contributed by atoms with Crippen LogP contribution in [0.5, 0.6) is 5.75 Å². The van der Waals surface area contributed by atoms with Crippen molar-refractivity contribution in [2.24, 2.45) is 0 Å². The van der Waals surface area contributed by atoms with Gasteiger partial charge in [0, 0.05) is 25.3 Å². The van der Waals surface area contributed by atoms with E-state index in [1.54, 1.807) is 0 Å². The molecule has 0 radical (unpaired) electrons. The molecule has 114 valence electrons. The van der Waals surface area contributed by atoms with Crippen LogP contribution < -0.4 is 10.1 Å². The second-order valence-corrected chi connectivity index (χ2v) is 5.48. The van der Waals surface area contributed by atoms with E-state index in [-0.39, 0.29) is 6.04 Å². The van der Waals surface area contributed by atoms with Crippen molar-refractivity contribution < 1.29 is 4.74 Å². The quantitative estimate of drug-likeness (QED) is 0.810. The third-order valence-corrected chi connectivity index (χ3v) is 3.42. The molecule has 1 atom stereocenters. The van der Waals surface area contributed by atoms with Crippen LogP contribution in [-0.2, 0) is 13.1 Å². The smallest absolute Gasteiger partial charge is 0.119 e. The van der Waals surface area contributed by atoms with Gasteiger partial charge in [-0.2, -0.15) is 0 Å². The minimum Gasteiger partial charge on any atom is -0.492 e. The van der Waals surface area contributed by atoms with Gasteiger partial charge in [-0.3, -0.25) is 0 Å². The van der Waals surface area contributed by atoms with Crippen LogP contribution in [0.4, 0.5) is 0 Å². The Morgan fingerprint density at radius 2 is 2.05 bits per heavy atom. The molecule has 1 aromatic carbocycles. The summed E-state index contributed by atoms with van der Waals surface area (Å²) in [5, 5.41) is 3.48. The summed E-state index contributed by atoms with van der Waals surface area (Å²) in [5.41, 5.74) is 2.47. The molecule has 0 aliphatic carbocycles. The summed E-state index contributed by atoms with van der Waals surface area (Å²) in [6.07, 6.45) is 4.94. The van der Waals surface area contributed by atoms with Gasteiger partial charge < -0.3 is 14.6 Å². The van der Waals surface area contributed by atoms with Crippen molar-refractivity contribution in [3.63, 3.8) is 0 Å². The van der Waals surface area contributed by atoms with E-state index in [4.69, 9.17) is 4.74 Å². The monoisotopic (exact) mass is 287 g/mol. The Kier molecular flexibility index (Phi) is 5.81. The van der Waals surface area contributed by atoms with Crippen LogP contribution in [0.1, 0.15) is 31.5 Å². The summed E-state index contributed by atoms with van der Waals surface area (Å²) in [6, 6.07) is 8.45. The summed E-state index contributed by atoms with van der Waals surface area (Å²) in [7, 11) is 0. The molecule has 0 fully saturated rings. The van der Waals surface area contributed by atoms with Crippen LogP contribution in [0, 0.1) is 6.92 Å². The van der Waals surface area contributed by atoms with Crippen LogP contribution in [0.2, 0.25) is 0 Å². The molecule has 1 N–H and O–H groups in total. The number of hydrogen-bond donors (Lipinski definition) is 1. The highest BCUT2D eigenvalue weighted by Gasteiger charge is 2.06. The minimum atomic E-state index is 0.288. The maximum Gasteiger partial charge on any atom is 0.119 e. The van der Waals surface area contributed by atoms with Crippen LogP contribution >= 0.6 is 0 Å². The van der Waals surface area contributed by atoms with Crippen molar-refractivity contribution in [2.45, 2.75) is 46.3 Å². The Labute approximate surface area is 127 Å². The number of imidazole rings is 1. The Bertz CT molecular complexity index is 533. The lowest BCUT2D eigenvalue weighted by atomic mass is 10.2. The van der Waals surface area contributed by atoms with Crippen molar-refractivity contribution >= 4 is 0 Å². The highest BCUT2D eigenvalue weighted by molar-refractivity contribution is 5.26. The summed E-state index contributed by atoms with van der Waals surface area (Å²) >= 11 is 0. The first-order valence-electron chi connectivity index (χ1n) is 7.61. The normalized spacial score (nSPS) is 12.3. The van der Waals surface area contributed by atoms with Crippen LogP contribution in [0.3, 0.4) is 0 Å². The lowest BCUT2D eigenvalue weighted by Gasteiger charge is -2.16. The fourth-order valence-corrected chi connectivity index (χ4v) is 2.13. The predicted octanol–water partition coefficient (Wildman–Crippen LogP) is 3.16. The van der Waals surface area contributed by atoms with Gasteiger partial charge in [-0.15, -0.1) is 0 Å². The topological polar surface area (TPSA) is 39.1 Å². The zero-order chi connectivity index (χ0) is 15.1. The largest absolute Gasteiger partial charge is 0.492 e. The van der Waals surface area contributed by atoms with Gasteiger partial charge in [0.25, 0.3) is 0 Å². The number of hydrogen-bond acceptors (Lipinski definition) is 3. The molecule has 0 aliphatic heterocycles. The molecule has 0 saturated carbocycles. The van der Waals surface area contributed by atoms with Crippen LogP contribution in [0.15, 0.2) is 36.8 Å². The van der Waals surface area contributed by atoms with E-state index >= 15 is 0 Å². The Balaban J connectivity index is 1.75. The van der Waals surface area contributed by atoms with Crippen LogP contribution in [-0.4, -0.2) is 22.2 Å². The van der Waals surface area contributed by atoms with Gasteiger partial charge in [0.1, 0.15) is 12.4 Å². The summed E-state index contributed by atoms with van der Waals surface area (Å²) < 4.78 is 7.98. The molecule has 0 bridgehead atoms. The van der Waals surface area contributed by atoms with Crippen LogP contribution in [0.25, 0.3) is 0 Å². The predicted molar refractivity (Wildman–Crippen MR) is 85.5 cm³/mol. The molecule has 0 aliphatic rings. The van der Waals surface area contributed by atoms with Gasteiger partial charge in [0.05, 0.1) is 12.0 Å². The average Bonchev–Trinajstić information content (AvgIpc) is 2.92. The number of aryl methyl sites for hydroxylation is 2. The third-order valence-electron chi connectivity index (χ3n) is 3.42. The number of nitrogens with one attached hydrogen (secondary N) is 1. The average molecular weight is 287 g/mol. The molecule has 0 amide bonds. The first-order chi connectivity index (χ1) is 10.2. The highest BCUT2D eigenvalue weighted by atomic mass is 16.5. The molecular formula is C17H25N3O. The Morgan fingerprint density at radius 3 is 2.76 bits per heavy atom. The fourth-order valence-electron chi connectivity index (χ4n) is 2.13. The first-order valence-corrected chi connectivity index (χ1v) is 7.61. The van der Waals surface area contributed by atoms with E-state index in [9.17, 15) is 0 Å². The zero-order valence-corrected chi connectivity index (χ0v) is 13.2. The fraction of sp³-hybridized carbons (Fsp3) is 0.471. The zero-order valence-electron chi connectivity index (χ0n) is 13.2. The van der Waals surface area contributed by atoms with E-state index in [1.165, 1.54) is 11.3 Å². The molecular weight excluding hydrogens is 262 g/mol. The molecule has 4 nitrogen and oxygen atoms in total. The van der Waals surface area contributed by atoms with E-state index in [0.29, 0.717) is 6.61 Å². The van der Waals surface area contributed by atoms with Crippen molar-refractivity contribution in [3.05, 3.63) is 48.0 Å². The Morgan fingerprint density at radius 1 is 1.29 bits per heavy atom. The summed E-state index contributed by atoms with van der Waals surface area (Å²) in [5.74, 6) is 0.922. The van der Waals surface area contributed by atoms with E-state index in [0.717, 1.165) is 25.3 Å². The second kappa shape index (κ2) is 7.84. The molecule has 2 rings (SSSR count). The molecule has 0 saturated heterocycles. The van der Waals surface area contributed by atoms with E-state index < -0.39 is 0 Å². The van der Waals surface area contributed by atoms with E-state index in [1.807, 2.05) is 24.7 Å². The second-order valence-electron chi connectivity index (χ2n) is 5.48. The highest BCUT2D eigenvalue weighted by Crippen LogP contribution is 2.11. The first kappa shape index (κ1) is 15.6. The lowest BCUT2D eigenvalue weighted by Crippen LogP contribution is -2.32. The minimum absolute atomic E-state index is 0.288. The molecule has 1 aromatic heterocycles. The van der Waals surface area contributed by atoms with Crippen molar-refractivity contribution in [1.29, 1.82) is 0 Å². The SMILES string of the molecule is CCCn1cncc1CNC(C)COc1ccc(C)cc1. The number of nitrogens with zero attached hydrogens (tertiary/aromatic N) is 2. The number of aromatic nitrogens is 2. The van der Waals surface area contributed by atoms with Crippen molar-refractivity contribution in [3.8, 4) is 5.75 Å². The molecule has 21 heavy (non-hydrogen) atoms. The van der Waals surface area contributed by atoms with Gasteiger partial charge in [-0.1, -0.05) is 24.6 Å². The van der Waals surface area contributed by atoms with Gasteiger partial charge in [-0.25, -0.2) is 4.98 Å². The van der Waals surface area contributed by atoms with Gasteiger partial charge in [0.2, 0.25) is 0 Å². The maximum absolute atomic E-state index is 5.79. The van der Waals surface area contributed by atoms with Crippen molar-refractivity contribution in [2.75, 3.05) is 6.61 Å². The number of rotatable bonds is 8. The molecule has 4 heteroatoms. The van der Waals surface area contributed by atoms with E-state index in [2.05, 4.69) is 47.8 Å². The maximum atomic E-state index is 5.79. The Hall–Kier alpha value is -1.81. The summed E-state index contributed by atoms with van der Waals surface area (Å²) in [4.78, 5) is 4.21. The molecule has 2 aromatic rings.